The van der Waals surface area contributed by atoms with Crippen molar-refractivity contribution in [2.45, 2.75) is 31.2 Å². The van der Waals surface area contributed by atoms with Gasteiger partial charge in [0.25, 0.3) is 0 Å². The van der Waals surface area contributed by atoms with Crippen LogP contribution in [-0.4, -0.2) is 30.2 Å². The predicted molar refractivity (Wildman–Crippen MR) is 73.4 cm³/mol. The highest BCUT2D eigenvalue weighted by Gasteiger charge is 2.64. The van der Waals surface area contributed by atoms with Crippen molar-refractivity contribution < 1.29 is 14.6 Å². The molecule has 3 heteroatoms. The van der Waals surface area contributed by atoms with Crippen molar-refractivity contribution in [2.24, 2.45) is 17.3 Å². The molecule has 4 atom stereocenters. The lowest BCUT2D eigenvalue weighted by Crippen LogP contribution is -2.61. The van der Waals surface area contributed by atoms with Gasteiger partial charge in [0.05, 0.1) is 24.7 Å². The fourth-order valence-electron chi connectivity index (χ4n) is 4.21. The number of hydrogen-bond acceptors (Lipinski definition) is 3. The molecule has 4 rings (SSSR count). The molecule has 1 saturated heterocycles. The van der Waals surface area contributed by atoms with Crippen LogP contribution < -0.4 is 0 Å². The van der Waals surface area contributed by atoms with E-state index in [9.17, 15) is 5.11 Å². The zero-order valence-corrected chi connectivity index (χ0v) is 11.3. The molecule has 3 aliphatic carbocycles. The van der Waals surface area contributed by atoms with Gasteiger partial charge in [0.2, 0.25) is 0 Å². The quantitative estimate of drug-likeness (QED) is 0.791. The molecule has 0 radical (unpaired) electrons. The monoisotopic (exact) mass is 262 g/mol. The minimum Gasteiger partial charge on any atom is -0.389 e. The second-order valence-electron chi connectivity index (χ2n) is 5.87. The van der Waals surface area contributed by atoms with Gasteiger partial charge in [-0.05, 0) is 18.8 Å². The Morgan fingerprint density at radius 3 is 2.74 bits per heavy atom. The Morgan fingerprint density at radius 2 is 2.11 bits per heavy atom. The second-order valence-corrected chi connectivity index (χ2v) is 5.87. The number of aliphatic hydroxyl groups excluding tert-OH is 1. The van der Waals surface area contributed by atoms with Crippen molar-refractivity contribution in [3.8, 4) is 0 Å². The fraction of sp³-hybridized carbons (Fsp3) is 0.625. The highest BCUT2D eigenvalue weighted by molar-refractivity contribution is 5.25. The first-order valence-corrected chi connectivity index (χ1v) is 7.06. The zero-order chi connectivity index (χ0) is 13.5. The van der Waals surface area contributed by atoms with E-state index in [2.05, 4.69) is 25.3 Å². The minimum atomic E-state index is -0.576. The van der Waals surface area contributed by atoms with Crippen LogP contribution in [-0.2, 0) is 9.47 Å². The summed E-state index contributed by atoms with van der Waals surface area (Å²) in [6.45, 7) is 8.90. The number of aliphatic hydroxyl groups is 1. The summed E-state index contributed by atoms with van der Waals surface area (Å²) in [4.78, 5) is 0. The van der Waals surface area contributed by atoms with Crippen LogP contribution in [0.25, 0.3) is 0 Å². The molecule has 2 fully saturated rings. The standard InChI is InChI=1S/C16H22O3/c1-3-6-15-7-5-12(10-13(15)14(17)4-2)11-16(15)18-8-9-19-16/h3-5,7,12-14,17H,1-2,6,8-11H2/t12-,13-,14-,15+/m1/s1. The summed E-state index contributed by atoms with van der Waals surface area (Å²) < 4.78 is 12.1. The fourth-order valence-corrected chi connectivity index (χ4v) is 4.21. The summed E-state index contributed by atoms with van der Waals surface area (Å²) in [6, 6.07) is 0. The smallest absolute Gasteiger partial charge is 0.178 e. The lowest BCUT2D eigenvalue weighted by molar-refractivity contribution is -0.275. The van der Waals surface area contributed by atoms with Crippen molar-refractivity contribution in [1.29, 1.82) is 0 Å². The Hall–Kier alpha value is -0.900. The Bertz CT molecular complexity index is 408. The molecular weight excluding hydrogens is 240 g/mol. The Labute approximate surface area is 114 Å². The number of rotatable bonds is 4. The van der Waals surface area contributed by atoms with E-state index < -0.39 is 11.9 Å². The van der Waals surface area contributed by atoms with Gasteiger partial charge in [-0.3, -0.25) is 0 Å². The van der Waals surface area contributed by atoms with Crippen LogP contribution >= 0.6 is 0 Å². The summed E-state index contributed by atoms with van der Waals surface area (Å²) in [5, 5.41) is 10.3. The van der Waals surface area contributed by atoms with Crippen LogP contribution in [0.15, 0.2) is 37.5 Å². The molecular formula is C16H22O3. The highest BCUT2D eigenvalue weighted by atomic mass is 16.7. The second kappa shape index (κ2) is 4.58. The van der Waals surface area contributed by atoms with Gasteiger partial charge in [-0.15, -0.1) is 13.2 Å². The zero-order valence-electron chi connectivity index (χ0n) is 11.3. The average Bonchev–Trinajstić information content (AvgIpc) is 2.88. The van der Waals surface area contributed by atoms with Crippen LogP contribution in [0.2, 0.25) is 0 Å². The van der Waals surface area contributed by atoms with Crippen molar-refractivity contribution in [1.82, 2.24) is 0 Å². The molecule has 1 saturated carbocycles. The average molecular weight is 262 g/mol. The van der Waals surface area contributed by atoms with Gasteiger partial charge < -0.3 is 14.6 Å². The molecule has 19 heavy (non-hydrogen) atoms. The largest absolute Gasteiger partial charge is 0.389 e. The predicted octanol–water partition coefficient (Wildman–Crippen LogP) is 2.43. The van der Waals surface area contributed by atoms with Crippen LogP contribution in [0, 0.1) is 17.3 Å². The van der Waals surface area contributed by atoms with Gasteiger partial charge >= 0.3 is 0 Å². The van der Waals surface area contributed by atoms with E-state index in [1.165, 1.54) is 0 Å². The molecule has 3 nitrogen and oxygen atoms in total. The third kappa shape index (κ3) is 1.69. The van der Waals surface area contributed by atoms with E-state index in [1.54, 1.807) is 6.08 Å². The summed E-state index contributed by atoms with van der Waals surface area (Å²) >= 11 is 0. The summed E-state index contributed by atoms with van der Waals surface area (Å²) in [6.07, 6.45) is 10.1. The van der Waals surface area contributed by atoms with Crippen molar-refractivity contribution in [3.05, 3.63) is 37.5 Å². The van der Waals surface area contributed by atoms with Crippen molar-refractivity contribution in [2.75, 3.05) is 13.2 Å². The molecule has 4 aliphatic rings. The van der Waals surface area contributed by atoms with Crippen LogP contribution in [0.5, 0.6) is 0 Å². The van der Waals surface area contributed by atoms with Crippen LogP contribution in [0.4, 0.5) is 0 Å². The van der Waals surface area contributed by atoms with E-state index in [4.69, 9.17) is 9.47 Å². The Morgan fingerprint density at radius 1 is 1.37 bits per heavy atom. The first kappa shape index (κ1) is 13.1. The summed E-state index contributed by atoms with van der Waals surface area (Å²) in [7, 11) is 0. The van der Waals surface area contributed by atoms with Crippen molar-refractivity contribution >= 4 is 0 Å². The number of allylic oxidation sites excluding steroid dienone is 2. The lowest BCUT2D eigenvalue weighted by atomic mass is 9.52. The van der Waals surface area contributed by atoms with Gasteiger partial charge in [0, 0.05) is 12.3 Å². The van der Waals surface area contributed by atoms with Crippen LogP contribution in [0.1, 0.15) is 19.3 Å². The number of ether oxygens (including phenoxy) is 2. The maximum Gasteiger partial charge on any atom is 0.178 e. The molecule has 0 aromatic heterocycles. The first-order valence-electron chi connectivity index (χ1n) is 7.06. The maximum absolute atomic E-state index is 10.3. The molecule has 0 aromatic rings. The third-order valence-electron chi connectivity index (χ3n) is 5.01. The van der Waals surface area contributed by atoms with Gasteiger partial charge in [-0.1, -0.05) is 24.3 Å². The molecule has 1 spiro atoms. The molecule has 0 amide bonds. The van der Waals surface area contributed by atoms with Gasteiger partial charge in [0.15, 0.2) is 5.79 Å². The van der Waals surface area contributed by atoms with Gasteiger partial charge in [-0.2, -0.15) is 0 Å². The van der Waals surface area contributed by atoms with Crippen molar-refractivity contribution in [3.63, 3.8) is 0 Å². The maximum atomic E-state index is 10.3. The third-order valence-corrected chi connectivity index (χ3v) is 5.01. The summed E-state index contributed by atoms with van der Waals surface area (Å²) in [5.74, 6) is -0.0673. The Balaban J connectivity index is 2.07. The van der Waals surface area contributed by atoms with E-state index in [1.807, 2.05) is 6.08 Å². The molecule has 0 unspecified atom stereocenters. The normalized spacial score (nSPS) is 40.5. The molecule has 2 bridgehead atoms. The lowest BCUT2D eigenvalue weighted by Gasteiger charge is -2.58. The van der Waals surface area contributed by atoms with Gasteiger partial charge in [-0.25, -0.2) is 0 Å². The summed E-state index contributed by atoms with van der Waals surface area (Å²) in [5.41, 5.74) is -0.312. The Kier molecular flexibility index (Phi) is 3.16. The molecule has 104 valence electrons. The van der Waals surface area contributed by atoms with Gasteiger partial charge in [0.1, 0.15) is 0 Å². The SMILES string of the molecule is C=CC[C@]12C=C[C@H](C[C@@H]1[C@H](O)C=C)CC21OCCO1. The van der Waals surface area contributed by atoms with E-state index in [0.717, 1.165) is 19.3 Å². The van der Waals surface area contributed by atoms with E-state index in [0.29, 0.717) is 19.1 Å². The minimum absolute atomic E-state index is 0.0878. The van der Waals surface area contributed by atoms with E-state index in [-0.39, 0.29) is 11.3 Å². The number of hydrogen-bond donors (Lipinski definition) is 1. The topological polar surface area (TPSA) is 38.7 Å². The highest BCUT2D eigenvalue weighted by Crippen LogP contribution is 2.61. The van der Waals surface area contributed by atoms with Crippen LogP contribution in [0.3, 0.4) is 0 Å². The molecule has 1 heterocycles. The molecule has 1 N–H and O–H groups in total. The molecule has 1 aliphatic heterocycles. The first-order chi connectivity index (χ1) is 9.17. The molecule has 0 aromatic carbocycles. The number of fused-ring (bicyclic) bond motifs is 1. The van der Waals surface area contributed by atoms with E-state index >= 15 is 0 Å².